The van der Waals surface area contributed by atoms with Gasteiger partial charge in [-0.3, -0.25) is 0 Å². The second kappa shape index (κ2) is 70.4. The number of aryl methyl sites for hydroxylation is 9. The maximum Gasteiger partial charge on any atom is 1.00 e. The summed E-state index contributed by atoms with van der Waals surface area (Å²) in [5.74, 6) is -0.555. The monoisotopic (exact) mass is 2550 g/mol. The van der Waals surface area contributed by atoms with Crippen LogP contribution in [-0.2, 0) is 57.8 Å². The molecule has 0 radical (unpaired) electrons. The largest absolute Gasteiger partial charge is 1.00 e. The summed E-state index contributed by atoms with van der Waals surface area (Å²) in [6, 6.07) is 37.1. The van der Waals surface area contributed by atoms with Crippen LogP contribution >= 0.6 is 23.2 Å². The first kappa shape index (κ1) is 136. The Balaban J connectivity index is 0.000000742. The summed E-state index contributed by atoms with van der Waals surface area (Å²) in [7, 11) is 0. The Morgan fingerprint density at radius 3 is 1.13 bits per heavy atom. The third-order valence-electron chi connectivity index (χ3n) is 18.8. The fraction of sp³-hybridized carbons (Fsp3) is 0.278. The molecule has 0 aliphatic carbocycles. The number of nitriles is 2. The summed E-state index contributed by atoms with van der Waals surface area (Å²) in [6.07, 6.45) is -8.95. The average Bonchev–Trinajstić information content (AvgIpc) is 0.795. The van der Waals surface area contributed by atoms with Gasteiger partial charge in [0.2, 0.25) is 0 Å². The van der Waals surface area contributed by atoms with E-state index in [9.17, 15) is 83.4 Å². The van der Waals surface area contributed by atoms with Crippen molar-refractivity contribution in [2.75, 3.05) is 0 Å². The molecule has 0 saturated heterocycles. The maximum atomic E-state index is 13.4. The molecule has 664 valence electrons. The van der Waals surface area contributed by atoms with Crippen molar-refractivity contribution < 1.29 is 659 Å². The van der Waals surface area contributed by atoms with Crippen molar-refractivity contribution in [2.45, 2.75) is 160 Å². The van der Waals surface area contributed by atoms with E-state index in [4.69, 9.17) is 76.4 Å². The van der Waals surface area contributed by atoms with Crippen LogP contribution in [0.5, 0.6) is 63.2 Å². The van der Waals surface area contributed by atoms with E-state index in [2.05, 4.69) is 9.47 Å². The van der Waals surface area contributed by atoms with Gasteiger partial charge in [-0.25, -0.2) is 57.1 Å². The minimum Gasteiger partial charge on any atom is -0.662 e. The van der Waals surface area contributed by atoms with E-state index < -0.39 is 79.0 Å². The Morgan fingerprint density at radius 2 is 0.677 bits per heavy atom. The van der Waals surface area contributed by atoms with E-state index in [1.54, 1.807) is 69.4 Å². The van der Waals surface area contributed by atoms with E-state index in [1.165, 1.54) is 87.1 Å². The molecular weight excluding hydrogens is 2490 g/mol. The molecule has 0 amide bonds. The maximum absolute atomic E-state index is 13.4. The second-order valence-corrected chi connectivity index (χ2v) is 27.9. The molecular formula is C90H72Cl2F19N2O11Rb9. The van der Waals surface area contributed by atoms with Crippen molar-refractivity contribution in [1.82, 2.24) is 0 Å². The van der Waals surface area contributed by atoms with Gasteiger partial charge in [-0.05, 0) is 162 Å². The number of fused-ring (bicyclic) bond motifs is 9. The number of hydrogen-bond acceptors (Lipinski definition) is 13. The van der Waals surface area contributed by atoms with Crippen molar-refractivity contribution >= 4 is 23.2 Å². The first-order valence-electron chi connectivity index (χ1n) is 38.1. The van der Waals surface area contributed by atoms with Crippen LogP contribution in [0.3, 0.4) is 0 Å². The van der Waals surface area contributed by atoms with Crippen molar-refractivity contribution in [2.24, 2.45) is 0 Å². The van der Waals surface area contributed by atoms with Crippen LogP contribution in [0.1, 0.15) is 179 Å². The first-order chi connectivity index (χ1) is 59.4. The van der Waals surface area contributed by atoms with Crippen molar-refractivity contribution in [3.05, 3.63) is 309 Å². The van der Waals surface area contributed by atoms with Crippen LogP contribution in [0.4, 0.5) is 83.4 Å². The van der Waals surface area contributed by atoms with Gasteiger partial charge in [0, 0.05) is 11.6 Å². The molecule has 0 aromatic heterocycles. The average molecular weight is 2560 g/mol. The molecule has 18 rings (SSSR count). The molecule has 0 bridgehead atoms. The number of hydrogen-bond donors (Lipinski definition) is 0. The van der Waals surface area contributed by atoms with Crippen molar-refractivity contribution in [3.8, 4) is 75.4 Å². The summed E-state index contributed by atoms with van der Waals surface area (Å²) >= 11 is 11.8. The Hall–Kier alpha value is 5.26. The zero-order chi connectivity index (χ0) is 89.2. The Bertz CT molecular complexity index is 5140. The van der Waals surface area contributed by atoms with Gasteiger partial charge in [0.15, 0.2) is 11.6 Å². The zero-order valence-electron chi connectivity index (χ0n) is 73.8. The number of halogens is 21. The van der Waals surface area contributed by atoms with Crippen LogP contribution in [0, 0.1) is 99.6 Å². The number of para-hydroxylation sites is 2. The normalized spacial score (nSPS) is 14.0. The molecule has 0 unspecified atom stereocenters. The van der Waals surface area contributed by atoms with Crippen LogP contribution < -0.4 is 576 Å². The quantitative estimate of drug-likeness (QED) is 0.162. The van der Waals surface area contributed by atoms with Crippen LogP contribution in [-0.4, -0.2) is 12.7 Å². The summed E-state index contributed by atoms with van der Waals surface area (Å²) in [4.78, 5) is 0. The summed E-state index contributed by atoms with van der Waals surface area (Å²) < 4.78 is 289. The summed E-state index contributed by atoms with van der Waals surface area (Å²) in [5.41, 5.74) is 6.47. The van der Waals surface area contributed by atoms with E-state index in [0.717, 1.165) is 122 Å². The van der Waals surface area contributed by atoms with Crippen LogP contribution in [0.25, 0.3) is 0 Å². The molecule has 43 heteroatoms. The fourth-order valence-corrected chi connectivity index (χ4v) is 13.4. The predicted octanol–water partition coefficient (Wildman–Crippen LogP) is 0.549. The van der Waals surface area contributed by atoms with Gasteiger partial charge in [0.05, 0.1) is 66.6 Å². The minimum absolute atomic E-state index is 0. The molecule has 0 N–H and O–H groups in total. The number of benzene rings is 9. The van der Waals surface area contributed by atoms with Gasteiger partial charge in [0.25, 0.3) is 32.1 Å². The topological polar surface area (TPSA) is 149 Å². The molecule has 13 nitrogen and oxygen atoms in total. The third-order valence-corrected chi connectivity index (χ3v) is 19.6. The molecule has 9 aliphatic rings. The predicted molar refractivity (Wildman–Crippen MR) is 415 cm³/mol. The second-order valence-electron chi connectivity index (χ2n) is 27.1. The molecule has 9 aliphatic heterocycles. The molecule has 9 aromatic carbocycles. The Kier molecular flexibility index (Phi) is 72.1. The number of rotatable bonds is 7. The van der Waals surface area contributed by atoms with E-state index in [0.29, 0.717) is 112 Å². The number of nitrogens with zero attached hydrogens (tertiary/aromatic N) is 2. The molecule has 0 spiro atoms. The number of ether oxygens (including phenoxy) is 11. The Labute approximate surface area is 1210 Å². The zero-order valence-corrected chi connectivity index (χ0v) is 120. The van der Waals surface area contributed by atoms with Crippen molar-refractivity contribution in [3.63, 3.8) is 0 Å². The van der Waals surface area contributed by atoms with Crippen LogP contribution in [0.2, 0.25) is 10.0 Å². The van der Waals surface area contributed by atoms with Gasteiger partial charge in [-0.1, -0.05) is 96.0 Å². The van der Waals surface area contributed by atoms with Crippen molar-refractivity contribution in [1.29, 1.82) is 10.5 Å². The minimum atomic E-state index is -4.68. The van der Waals surface area contributed by atoms with Crippen LogP contribution in [0.15, 0.2) is 133 Å². The standard InChI is InChI=1S/C11H7N2O.2C10H8F3O2.3C10H8F3O.2C10H9F2O.C9H7Cl2O.9Rb/c12-6-9-4-3-8-2-1-5-14-11(8)10(9)7-13;11-10(12,13)15-8-5-1-3-7-4-2-6-14-9(7)8;11-10(12,13)15-8-4-3-7-2-1-5-14-9(7)6-8;2*11-7-4-3-6-2-1-5-14-9(6)8(7)10(12)13;11-8-7(10(12)13)4-3-6-2-1-5-14-9(6)8;11-10(12)8-5-1-3-7-4-2-6-13-9(7)8;11-10(12)8-4-3-7-2-1-5-13-9(7)6-8;10-7-4-3-6-2-1-5-12-9(6)8(7)11;;;;;;;;;/h3-5H,1-2H2;1,3,5-6H,2,4H2;3-6H,1-2H2;3*3-5,10H,1-2H2;1,3,5-6,10H,2,4H2;3-6,10H,1-2H2;3-5H,1-2H2;;;;;;;;;/q9*-1;9*+1. The molecule has 0 saturated carbocycles. The fourth-order valence-electron chi connectivity index (χ4n) is 13.0. The molecule has 9 heterocycles. The molecule has 0 fully saturated rings. The van der Waals surface area contributed by atoms with E-state index in [1.807, 2.05) is 30.3 Å². The molecule has 133 heavy (non-hydrogen) atoms. The summed E-state index contributed by atoms with van der Waals surface area (Å²) in [5, 5.41) is 18.8. The van der Waals surface area contributed by atoms with Gasteiger partial charge < -0.3 is 52.1 Å². The van der Waals surface area contributed by atoms with Gasteiger partial charge in [-0.2, -0.15) is 70.0 Å². The molecule has 9 aromatic rings. The smallest absolute Gasteiger partial charge is 0.662 e. The van der Waals surface area contributed by atoms with E-state index >= 15 is 0 Å². The van der Waals surface area contributed by atoms with Gasteiger partial charge in [0.1, 0.15) is 58.1 Å². The number of alkyl halides is 16. The van der Waals surface area contributed by atoms with E-state index in [-0.39, 0.29) is 569 Å². The first-order valence-corrected chi connectivity index (χ1v) is 38.8. The summed E-state index contributed by atoms with van der Waals surface area (Å²) in [6.45, 7) is 14.0. The van der Waals surface area contributed by atoms with Gasteiger partial charge >= 0.3 is 536 Å². The van der Waals surface area contributed by atoms with Gasteiger partial charge in [-0.15, -0.1) is 84.1 Å². The molecule has 0 atom stereocenters. The SMILES string of the molecule is Clc1ccc2c(c1Cl)O[CH-]CC2.FC(F)(F)Oc1ccc2c(c1)O[CH-]CC2.FC(F)(F)Oc1cccc2c1O[CH-]CC2.FC(F)c1ccc2c(c1)O[CH-]CC2.FC(F)c1cccc2c1O[CH-]CC2.Fc1c(C(F)F)ccc2c1O[CH-]CC2.Fc1ccc2c(c1C(F)F)O[CH-]CC2.Fc1ccc2c(c1C(F)F)O[CH-]CC2.N#Cc1ccc2c(c1C#N)O[CH-]CC2.[Rb+].[Rb+].[Rb+].[Rb+].[Rb+].[Rb+].[Rb+].[Rb+].[Rb+]. The Morgan fingerprint density at radius 1 is 0.323 bits per heavy atom. The third kappa shape index (κ3) is 43.1.